The molecule has 0 atom stereocenters. The summed E-state index contributed by atoms with van der Waals surface area (Å²) in [4.78, 5) is 25.1. The fraction of sp³-hybridized carbons (Fsp3) is 0.529. The molecule has 23 heavy (non-hydrogen) atoms. The molecule has 0 spiro atoms. The average Bonchev–Trinajstić information content (AvgIpc) is 2.88. The number of aliphatic carboxylic acids is 1. The van der Waals surface area contributed by atoms with Crippen LogP contribution in [0.5, 0.6) is 5.75 Å². The quantitative estimate of drug-likeness (QED) is 0.893. The van der Waals surface area contributed by atoms with Crippen molar-refractivity contribution in [2.24, 2.45) is 0 Å². The van der Waals surface area contributed by atoms with E-state index in [1.807, 2.05) is 4.90 Å². The number of fused-ring (bicyclic) bond motifs is 1. The van der Waals surface area contributed by atoms with E-state index in [0.717, 1.165) is 18.4 Å². The first kappa shape index (κ1) is 16.1. The Kier molecular flexibility index (Phi) is 4.76. The van der Waals surface area contributed by atoms with E-state index < -0.39 is 5.97 Å². The highest BCUT2D eigenvalue weighted by atomic mass is 35.5. The number of halogens is 1. The molecule has 0 aromatic heterocycles. The maximum atomic E-state index is 12.6. The summed E-state index contributed by atoms with van der Waals surface area (Å²) in [7, 11) is 0. The van der Waals surface area contributed by atoms with Gasteiger partial charge in [0.1, 0.15) is 5.75 Å². The number of hydrogen-bond acceptors (Lipinski definition) is 3. The second-order valence-corrected chi connectivity index (χ2v) is 6.50. The first-order chi connectivity index (χ1) is 11.1. The van der Waals surface area contributed by atoms with E-state index in [1.54, 1.807) is 12.1 Å². The second-order valence-electron chi connectivity index (χ2n) is 6.12. The SMILES string of the molecule is O=C(O)CCOc1ccc2c(c1Cl)CN(C1CCCCC1)C2=O. The number of carboxylic acids is 1. The van der Waals surface area contributed by atoms with E-state index in [1.165, 1.54) is 19.3 Å². The molecular formula is C17H20ClNO4. The number of benzene rings is 1. The van der Waals surface area contributed by atoms with E-state index in [-0.39, 0.29) is 18.9 Å². The van der Waals surface area contributed by atoms with Gasteiger partial charge in [0.25, 0.3) is 5.91 Å². The molecule has 0 unspecified atom stereocenters. The van der Waals surface area contributed by atoms with E-state index in [9.17, 15) is 9.59 Å². The van der Waals surface area contributed by atoms with Crippen molar-refractivity contribution in [1.29, 1.82) is 0 Å². The number of hydrogen-bond donors (Lipinski definition) is 1. The number of carbonyl (C=O) groups excluding carboxylic acids is 1. The summed E-state index contributed by atoms with van der Waals surface area (Å²) >= 11 is 6.39. The minimum absolute atomic E-state index is 0.0471. The third kappa shape index (κ3) is 3.29. The van der Waals surface area contributed by atoms with Crippen LogP contribution in [0.25, 0.3) is 0 Å². The van der Waals surface area contributed by atoms with Crippen molar-refractivity contribution >= 4 is 23.5 Å². The second kappa shape index (κ2) is 6.79. The Morgan fingerprint density at radius 1 is 1.30 bits per heavy atom. The van der Waals surface area contributed by atoms with Gasteiger partial charge in [-0.25, -0.2) is 0 Å². The summed E-state index contributed by atoms with van der Waals surface area (Å²) in [6.07, 6.45) is 5.61. The highest BCUT2D eigenvalue weighted by Crippen LogP contribution is 2.38. The predicted octanol–water partition coefficient (Wildman–Crippen LogP) is 3.48. The van der Waals surface area contributed by atoms with Crippen molar-refractivity contribution in [3.8, 4) is 5.75 Å². The lowest BCUT2D eigenvalue weighted by molar-refractivity contribution is -0.137. The zero-order valence-electron chi connectivity index (χ0n) is 12.9. The molecule has 0 saturated heterocycles. The van der Waals surface area contributed by atoms with Crippen LogP contribution in [-0.2, 0) is 11.3 Å². The highest BCUT2D eigenvalue weighted by molar-refractivity contribution is 6.33. The molecule has 1 aliphatic carbocycles. The van der Waals surface area contributed by atoms with E-state index in [2.05, 4.69) is 0 Å². The molecule has 1 amide bonds. The average molecular weight is 338 g/mol. The Morgan fingerprint density at radius 2 is 2.04 bits per heavy atom. The normalized spacial score (nSPS) is 18.1. The van der Waals surface area contributed by atoms with Crippen molar-refractivity contribution < 1.29 is 19.4 Å². The first-order valence-corrected chi connectivity index (χ1v) is 8.42. The van der Waals surface area contributed by atoms with Gasteiger partial charge in [-0.15, -0.1) is 0 Å². The lowest BCUT2D eigenvalue weighted by atomic mass is 9.94. The Bertz CT molecular complexity index is 625. The molecule has 2 aliphatic rings. The molecule has 6 heteroatoms. The minimum atomic E-state index is -0.916. The summed E-state index contributed by atoms with van der Waals surface area (Å²) in [5.74, 6) is -0.420. The standard InChI is InChI=1S/C17H20ClNO4/c18-16-13-10-19(11-4-2-1-3-5-11)17(22)12(13)6-7-14(16)23-9-8-15(20)21/h6-7,11H,1-5,8-10H2,(H,20,21). The molecule has 3 rings (SSSR count). The smallest absolute Gasteiger partial charge is 0.306 e. The van der Waals surface area contributed by atoms with Crippen LogP contribution in [0.15, 0.2) is 12.1 Å². The van der Waals surface area contributed by atoms with Crippen LogP contribution in [0.3, 0.4) is 0 Å². The number of carbonyl (C=O) groups is 2. The van der Waals surface area contributed by atoms with Crippen LogP contribution in [-0.4, -0.2) is 34.5 Å². The van der Waals surface area contributed by atoms with Crippen molar-refractivity contribution in [2.75, 3.05) is 6.61 Å². The van der Waals surface area contributed by atoms with Gasteiger partial charge in [0.15, 0.2) is 0 Å². The highest BCUT2D eigenvalue weighted by Gasteiger charge is 2.35. The summed E-state index contributed by atoms with van der Waals surface area (Å²) in [5.41, 5.74) is 1.45. The molecule has 1 fully saturated rings. The molecule has 1 saturated carbocycles. The van der Waals surface area contributed by atoms with Gasteiger partial charge >= 0.3 is 5.97 Å². The van der Waals surface area contributed by atoms with Crippen LogP contribution in [0.2, 0.25) is 5.02 Å². The maximum Gasteiger partial charge on any atom is 0.306 e. The van der Waals surface area contributed by atoms with Crippen LogP contribution in [0, 0.1) is 0 Å². The zero-order chi connectivity index (χ0) is 16.4. The van der Waals surface area contributed by atoms with Crippen LogP contribution in [0.4, 0.5) is 0 Å². The zero-order valence-corrected chi connectivity index (χ0v) is 13.6. The van der Waals surface area contributed by atoms with E-state index in [0.29, 0.717) is 28.9 Å². The summed E-state index contributed by atoms with van der Waals surface area (Å²) < 4.78 is 5.45. The van der Waals surface area contributed by atoms with Crippen LogP contribution in [0.1, 0.15) is 54.4 Å². The van der Waals surface area contributed by atoms with Crippen molar-refractivity contribution in [1.82, 2.24) is 4.90 Å². The Morgan fingerprint density at radius 3 is 2.74 bits per heavy atom. The molecule has 1 aromatic carbocycles. The molecule has 5 nitrogen and oxygen atoms in total. The van der Waals surface area contributed by atoms with E-state index >= 15 is 0 Å². The summed E-state index contributed by atoms with van der Waals surface area (Å²) in [5, 5.41) is 9.10. The van der Waals surface area contributed by atoms with Crippen LogP contribution >= 0.6 is 11.6 Å². The van der Waals surface area contributed by atoms with Gasteiger partial charge in [0, 0.05) is 23.7 Å². The number of carboxylic acid groups (broad SMARTS) is 1. The van der Waals surface area contributed by atoms with Crippen LogP contribution < -0.4 is 4.74 Å². The number of rotatable bonds is 5. The molecule has 0 bridgehead atoms. The third-order valence-corrected chi connectivity index (χ3v) is 5.03. The first-order valence-electron chi connectivity index (χ1n) is 8.05. The Hall–Kier alpha value is -1.75. The largest absolute Gasteiger partial charge is 0.491 e. The monoisotopic (exact) mass is 337 g/mol. The van der Waals surface area contributed by atoms with Gasteiger partial charge in [-0.05, 0) is 25.0 Å². The molecular weight excluding hydrogens is 318 g/mol. The molecule has 0 radical (unpaired) electrons. The van der Waals surface area contributed by atoms with Gasteiger partial charge < -0.3 is 14.7 Å². The van der Waals surface area contributed by atoms with Crippen molar-refractivity contribution in [3.63, 3.8) is 0 Å². The molecule has 1 N–H and O–H groups in total. The van der Waals surface area contributed by atoms with Gasteiger partial charge in [0.05, 0.1) is 18.1 Å². The topological polar surface area (TPSA) is 66.8 Å². The molecule has 1 aromatic rings. The van der Waals surface area contributed by atoms with Gasteiger partial charge in [-0.2, -0.15) is 0 Å². The molecule has 124 valence electrons. The van der Waals surface area contributed by atoms with Gasteiger partial charge in [0.2, 0.25) is 0 Å². The fourth-order valence-corrected chi connectivity index (χ4v) is 3.68. The molecule has 1 aliphatic heterocycles. The minimum Gasteiger partial charge on any atom is -0.491 e. The maximum absolute atomic E-state index is 12.6. The van der Waals surface area contributed by atoms with Crippen molar-refractivity contribution in [2.45, 2.75) is 51.1 Å². The summed E-state index contributed by atoms with van der Waals surface area (Å²) in [6.45, 7) is 0.585. The lowest BCUT2D eigenvalue weighted by Crippen LogP contribution is -2.36. The van der Waals surface area contributed by atoms with Gasteiger partial charge in [-0.1, -0.05) is 30.9 Å². The Balaban J connectivity index is 1.75. The van der Waals surface area contributed by atoms with Crippen molar-refractivity contribution in [3.05, 3.63) is 28.3 Å². The van der Waals surface area contributed by atoms with E-state index in [4.69, 9.17) is 21.4 Å². The predicted molar refractivity (Wildman–Crippen MR) is 85.9 cm³/mol. The Labute approximate surface area is 140 Å². The van der Waals surface area contributed by atoms with Gasteiger partial charge in [-0.3, -0.25) is 9.59 Å². The number of amides is 1. The third-order valence-electron chi connectivity index (χ3n) is 4.62. The lowest BCUT2D eigenvalue weighted by Gasteiger charge is -2.30. The molecule has 1 heterocycles. The summed E-state index contributed by atoms with van der Waals surface area (Å²) in [6, 6.07) is 3.70. The number of nitrogens with zero attached hydrogens (tertiary/aromatic N) is 1. The fourth-order valence-electron chi connectivity index (χ4n) is 3.40. The number of ether oxygens (including phenoxy) is 1.